The third kappa shape index (κ3) is 5.21. The van der Waals surface area contributed by atoms with Crippen molar-refractivity contribution in [1.29, 1.82) is 0 Å². The molecule has 8 heteroatoms. The smallest absolute Gasteiger partial charge is 0.390 e. The number of hydrogen-bond acceptors (Lipinski definition) is 4. The van der Waals surface area contributed by atoms with Gasteiger partial charge in [0, 0.05) is 44.1 Å². The van der Waals surface area contributed by atoms with E-state index in [1.165, 1.54) is 6.07 Å². The Morgan fingerprint density at radius 2 is 1.89 bits per heavy atom. The first kappa shape index (κ1) is 19.2. The third-order valence-corrected chi connectivity index (χ3v) is 4.17. The van der Waals surface area contributed by atoms with Crippen LogP contribution in [-0.2, 0) is 12.7 Å². The van der Waals surface area contributed by atoms with Crippen LogP contribution in [0.25, 0.3) is 10.9 Å². The van der Waals surface area contributed by atoms with Crippen molar-refractivity contribution in [3.8, 4) is 0 Å². The number of hydrogen-bond donors (Lipinski definition) is 3. The van der Waals surface area contributed by atoms with Crippen LogP contribution in [0.5, 0.6) is 0 Å². The van der Waals surface area contributed by atoms with E-state index in [0.29, 0.717) is 32.0 Å². The quantitative estimate of drug-likeness (QED) is 0.527. The Balaban J connectivity index is 1.37. The number of aliphatic hydroxyl groups excluding tert-OH is 1. The monoisotopic (exact) mass is 378 g/mol. The van der Waals surface area contributed by atoms with Gasteiger partial charge in [0.05, 0.1) is 11.7 Å². The molecule has 0 aliphatic heterocycles. The minimum Gasteiger partial charge on any atom is -0.390 e. The molecule has 0 saturated heterocycles. The Bertz CT molecular complexity index is 861. The first-order valence-electron chi connectivity index (χ1n) is 8.63. The van der Waals surface area contributed by atoms with Crippen LogP contribution in [0, 0.1) is 0 Å². The second-order valence-electron chi connectivity index (χ2n) is 6.24. The van der Waals surface area contributed by atoms with E-state index in [4.69, 9.17) is 0 Å². The lowest BCUT2D eigenvalue weighted by molar-refractivity contribution is -0.137. The highest BCUT2D eigenvalue weighted by Gasteiger charge is 2.30. The lowest BCUT2D eigenvalue weighted by Gasteiger charge is -2.14. The highest BCUT2D eigenvalue weighted by Crippen LogP contribution is 2.28. The van der Waals surface area contributed by atoms with Crippen LogP contribution in [0.1, 0.15) is 5.56 Å². The molecule has 0 saturated carbocycles. The van der Waals surface area contributed by atoms with Crippen LogP contribution in [0.15, 0.2) is 54.9 Å². The van der Waals surface area contributed by atoms with Gasteiger partial charge in [-0.15, -0.1) is 0 Å². The van der Waals surface area contributed by atoms with Gasteiger partial charge in [0.1, 0.15) is 5.82 Å². The molecule has 0 unspecified atom stereocenters. The van der Waals surface area contributed by atoms with E-state index in [0.717, 1.165) is 23.2 Å². The van der Waals surface area contributed by atoms with Crippen LogP contribution in [0.3, 0.4) is 0 Å². The SMILES string of the molecule is O[C@H](CNCCNc1ccc(C(F)(F)F)cn1)Cn1ccc2ccccc21. The van der Waals surface area contributed by atoms with Crippen molar-refractivity contribution in [2.75, 3.05) is 25.0 Å². The van der Waals surface area contributed by atoms with Crippen molar-refractivity contribution in [2.24, 2.45) is 0 Å². The van der Waals surface area contributed by atoms with E-state index in [-0.39, 0.29) is 0 Å². The van der Waals surface area contributed by atoms with Crippen molar-refractivity contribution in [3.63, 3.8) is 0 Å². The van der Waals surface area contributed by atoms with Gasteiger partial charge in [-0.2, -0.15) is 13.2 Å². The number of aromatic nitrogens is 2. The van der Waals surface area contributed by atoms with Gasteiger partial charge in [-0.1, -0.05) is 18.2 Å². The van der Waals surface area contributed by atoms with E-state index in [1.54, 1.807) is 0 Å². The molecule has 3 aromatic rings. The van der Waals surface area contributed by atoms with Gasteiger partial charge >= 0.3 is 6.18 Å². The van der Waals surface area contributed by atoms with E-state index >= 15 is 0 Å². The summed E-state index contributed by atoms with van der Waals surface area (Å²) >= 11 is 0. The molecular formula is C19H21F3N4O. The average Bonchev–Trinajstić information content (AvgIpc) is 3.04. The summed E-state index contributed by atoms with van der Waals surface area (Å²) in [7, 11) is 0. The minimum atomic E-state index is -4.38. The third-order valence-electron chi connectivity index (χ3n) is 4.17. The summed E-state index contributed by atoms with van der Waals surface area (Å²) in [6.07, 6.45) is -2.18. The molecule has 3 rings (SSSR count). The molecule has 2 heterocycles. The predicted octanol–water partition coefficient (Wildman–Crippen LogP) is 3.12. The largest absolute Gasteiger partial charge is 0.417 e. The molecule has 0 fully saturated rings. The fourth-order valence-corrected chi connectivity index (χ4v) is 2.81. The molecule has 0 radical (unpaired) electrons. The highest BCUT2D eigenvalue weighted by atomic mass is 19.4. The Morgan fingerprint density at radius 1 is 1.07 bits per heavy atom. The molecule has 2 aromatic heterocycles. The van der Waals surface area contributed by atoms with Crippen molar-refractivity contribution in [1.82, 2.24) is 14.9 Å². The summed E-state index contributed by atoms with van der Waals surface area (Å²) in [6.45, 7) is 1.92. The maximum Gasteiger partial charge on any atom is 0.417 e. The summed E-state index contributed by atoms with van der Waals surface area (Å²) < 4.78 is 39.4. The molecule has 1 aromatic carbocycles. The average molecular weight is 378 g/mol. The van der Waals surface area contributed by atoms with Gasteiger partial charge in [-0.25, -0.2) is 4.98 Å². The van der Waals surface area contributed by atoms with Crippen LogP contribution >= 0.6 is 0 Å². The Morgan fingerprint density at radius 3 is 2.63 bits per heavy atom. The Kier molecular flexibility index (Phi) is 5.98. The maximum absolute atomic E-state index is 12.5. The molecule has 3 N–H and O–H groups in total. The Labute approximate surface area is 154 Å². The normalized spacial score (nSPS) is 13.0. The molecule has 0 aliphatic rings. The molecule has 144 valence electrons. The first-order valence-corrected chi connectivity index (χ1v) is 8.63. The number of pyridine rings is 1. The molecule has 0 aliphatic carbocycles. The number of benzene rings is 1. The number of aliphatic hydroxyl groups is 1. The van der Waals surface area contributed by atoms with E-state index in [2.05, 4.69) is 15.6 Å². The Hall–Kier alpha value is -2.58. The lowest BCUT2D eigenvalue weighted by atomic mass is 10.2. The molecule has 1 atom stereocenters. The molecule has 27 heavy (non-hydrogen) atoms. The first-order chi connectivity index (χ1) is 12.9. The van der Waals surface area contributed by atoms with Crippen LogP contribution in [-0.4, -0.2) is 40.4 Å². The fourth-order valence-electron chi connectivity index (χ4n) is 2.81. The summed E-state index contributed by atoms with van der Waals surface area (Å²) in [4.78, 5) is 3.75. The number of alkyl halides is 3. The predicted molar refractivity (Wildman–Crippen MR) is 98.5 cm³/mol. The van der Waals surface area contributed by atoms with Gasteiger partial charge in [0.25, 0.3) is 0 Å². The number of nitrogens with zero attached hydrogens (tertiary/aromatic N) is 2. The number of nitrogens with one attached hydrogen (secondary N) is 2. The zero-order chi connectivity index (χ0) is 19.3. The summed E-state index contributed by atoms with van der Waals surface area (Å²) in [5.41, 5.74) is 0.304. The number of rotatable bonds is 8. The van der Waals surface area contributed by atoms with E-state index in [1.807, 2.05) is 41.1 Å². The lowest BCUT2D eigenvalue weighted by Crippen LogP contribution is -2.33. The number of para-hydroxylation sites is 1. The van der Waals surface area contributed by atoms with Crippen LogP contribution < -0.4 is 10.6 Å². The van der Waals surface area contributed by atoms with E-state index < -0.39 is 17.8 Å². The molecule has 0 amide bonds. The van der Waals surface area contributed by atoms with Gasteiger partial charge in [-0.05, 0) is 29.7 Å². The maximum atomic E-state index is 12.5. The molecule has 0 bridgehead atoms. The van der Waals surface area contributed by atoms with Crippen molar-refractivity contribution in [3.05, 3.63) is 60.4 Å². The standard InChI is InChI=1S/C19H21F3N4O/c20-19(21,22)15-5-6-18(25-11-15)24-9-8-23-12-16(27)13-26-10-7-14-3-1-2-4-17(14)26/h1-7,10-11,16,23,27H,8-9,12-13H2,(H,24,25)/t16-/m1/s1. The van der Waals surface area contributed by atoms with Gasteiger partial charge in [0.2, 0.25) is 0 Å². The number of halogens is 3. The second-order valence-corrected chi connectivity index (χ2v) is 6.24. The van der Waals surface area contributed by atoms with Crippen LogP contribution in [0.4, 0.5) is 19.0 Å². The van der Waals surface area contributed by atoms with Crippen molar-refractivity contribution < 1.29 is 18.3 Å². The highest BCUT2D eigenvalue weighted by molar-refractivity contribution is 5.79. The number of anilines is 1. The minimum absolute atomic E-state index is 0.379. The van der Waals surface area contributed by atoms with Crippen molar-refractivity contribution in [2.45, 2.75) is 18.8 Å². The van der Waals surface area contributed by atoms with Gasteiger partial charge < -0.3 is 20.3 Å². The zero-order valence-electron chi connectivity index (χ0n) is 14.6. The number of fused-ring (bicyclic) bond motifs is 1. The van der Waals surface area contributed by atoms with Crippen LogP contribution in [0.2, 0.25) is 0 Å². The zero-order valence-corrected chi connectivity index (χ0v) is 14.6. The molecular weight excluding hydrogens is 357 g/mol. The van der Waals surface area contributed by atoms with Gasteiger partial charge in [0.15, 0.2) is 0 Å². The fraction of sp³-hybridized carbons (Fsp3) is 0.316. The topological polar surface area (TPSA) is 62.1 Å². The van der Waals surface area contributed by atoms with Crippen molar-refractivity contribution >= 4 is 16.7 Å². The van der Waals surface area contributed by atoms with Gasteiger partial charge in [-0.3, -0.25) is 0 Å². The molecule has 5 nitrogen and oxygen atoms in total. The summed E-state index contributed by atoms with van der Waals surface area (Å²) in [6, 6.07) is 12.3. The summed E-state index contributed by atoms with van der Waals surface area (Å²) in [5.74, 6) is 0.379. The second kappa shape index (κ2) is 8.41. The van der Waals surface area contributed by atoms with E-state index in [9.17, 15) is 18.3 Å². The summed E-state index contributed by atoms with van der Waals surface area (Å²) in [5, 5.41) is 17.4. The molecule has 0 spiro atoms.